The molecule has 0 radical (unpaired) electrons. The first kappa shape index (κ1) is 12.1. The molecule has 0 unspecified atom stereocenters. The third-order valence-corrected chi connectivity index (χ3v) is 4.82. The number of rotatable bonds is 4. The summed E-state index contributed by atoms with van der Waals surface area (Å²) >= 11 is 5.18. The molecule has 0 N–H and O–H groups in total. The minimum Gasteiger partial charge on any atom is -0.437 e. The van der Waals surface area contributed by atoms with E-state index in [1.807, 2.05) is 13.8 Å². The molecule has 1 rings (SSSR count). The highest BCUT2D eigenvalue weighted by atomic mass is 79.9. The highest BCUT2D eigenvalue weighted by Crippen LogP contribution is 2.29. The first-order valence-corrected chi connectivity index (χ1v) is 6.68. The van der Waals surface area contributed by atoms with E-state index in [1.54, 1.807) is 11.8 Å². The first-order chi connectivity index (χ1) is 6.44. The van der Waals surface area contributed by atoms with Crippen LogP contribution < -0.4 is 0 Å². The summed E-state index contributed by atoms with van der Waals surface area (Å²) in [6.45, 7) is 8.36. The molecule has 4 heteroatoms. The Balaban J connectivity index is 2.54. The van der Waals surface area contributed by atoms with Crippen LogP contribution in [-0.2, 0) is 0 Å². The molecule has 0 atom stereocenters. The van der Waals surface area contributed by atoms with Gasteiger partial charge in [-0.2, -0.15) is 0 Å². The minimum atomic E-state index is 0.279. The molecule has 1 heterocycles. The molecular weight excluding hydrogens is 262 g/mol. The van der Waals surface area contributed by atoms with Crippen molar-refractivity contribution < 1.29 is 4.42 Å². The summed E-state index contributed by atoms with van der Waals surface area (Å²) in [7, 11) is 0. The summed E-state index contributed by atoms with van der Waals surface area (Å²) in [6.07, 6.45) is 0. The van der Waals surface area contributed by atoms with Gasteiger partial charge in [-0.1, -0.05) is 41.5 Å². The molecule has 14 heavy (non-hydrogen) atoms. The molecular formula is C10H16BrNOS. The van der Waals surface area contributed by atoms with Crippen molar-refractivity contribution in [2.45, 2.75) is 32.9 Å². The van der Waals surface area contributed by atoms with E-state index in [4.69, 9.17) is 4.42 Å². The second-order valence-corrected chi connectivity index (χ2v) is 5.70. The molecule has 0 spiro atoms. The van der Waals surface area contributed by atoms with Crippen LogP contribution in [0.3, 0.4) is 0 Å². The summed E-state index contributed by atoms with van der Waals surface area (Å²) in [5.74, 6) is 1.93. The van der Waals surface area contributed by atoms with Crippen molar-refractivity contribution in [2.75, 3.05) is 11.1 Å². The van der Waals surface area contributed by atoms with Gasteiger partial charge in [-0.05, 0) is 19.3 Å². The Morgan fingerprint density at radius 3 is 2.50 bits per heavy atom. The third kappa shape index (κ3) is 3.31. The van der Waals surface area contributed by atoms with Gasteiger partial charge in [-0.25, -0.2) is 4.98 Å². The van der Waals surface area contributed by atoms with Crippen LogP contribution in [0.25, 0.3) is 0 Å². The Morgan fingerprint density at radius 2 is 2.07 bits per heavy atom. The molecule has 0 fully saturated rings. The van der Waals surface area contributed by atoms with Crippen molar-refractivity contribution in [3.05, 3.63) is 11.5 Å². The fourth-order valence-corrected chi connectivity index (χ4v) is 2.26. The van der Waals surface area contributed by atoms with E-state index in [1.165, 1.54) is 0 Å². The van der Waals surface area contributed by atoms with Gasteiger partial charge in [0.2, 0.25) is 0 Å². The predicted octanol–water partition coefficient (Wildman–Crippen LogP) is 3.80. The highest BCUT2D eigenvalue weighted by molar-refractivity contribution is 9.09. The molecule has 2 nitrogen and oxygen atoms in total. The van der Waals surface area contributed by atoms with E-state index >= 15 is 0 Å². The molecule has 0 bridgehead atoms. The van der Waals surface area contributed by atoms with Gasteiger partial charge in [0.05, 0.1) is 5.69 Å². The summed E-state index contributed by atoms with van der Waals surface area (Å²) in [5, 5.41) is 1.78. The van der Waals surface area contributed by atoms with E-state index < -0.39 is 0 Å². The number of halogens is 1. The van der Waals surface area contributed by atoms with Crippen molar-refractivity contribution in [2.24, 2.45) is 5.41 Å². The van der Waals surface area contributed by atoms with E-state index in [2.05, 4.69) is 34.8 Å². The smallest absolute Gasteiger partial charge is 0.256 e. The average Bonchev–Trinajstić information content (AvgIpc) is 2.44. The maximum Gasteiger partial charge on any atom is 0.256 e. The topological polar surface area (TPSA) is 26.0 Å². The normalized spacial score (nSPS) is 12.1. The Hall–Kier alpha value is 0.0400. The van der Waals surface area contributed by atoms with Crippen LogP contribution in [0.2, 0.25) is 0 Å². The van der Waals surface area contributed by atoms with Crippen molar-refractivity contribution in [3.63, 3.8) is 0 Å². The number of aromatic nitrogens is 1. The van der Waals surface area contributed by atoms with Gasteiger partial charge in [0.25, 0.3) is 5.22 Å². The second-order valence-electron chi connectivity index (χ2n) is 4.21. The van der Waals surface area contributed by atoms with E-state index in [0.717, 1.165) is 27.8 Å². The fraction of sp³-hybridized carbons (Fsp3) is 0.700. The van der Waals surface area contributed by atoms with Gasteiger partial charge in [-0.15, -0.1) is 0 Å². The van der Waals surface area contributed by atoms with Crippen LogP contribution in [0, 0.1) is 19.3 Å². The molecule has 0 aliphatic rings. The lowest BCUT2D eigenvalue weighted by Crippen LogP contribution is -2.15. The molecule has 0 aliphatic carbocycles. The molecule has 0 saturated heterocycles. The van der Waals surface area contributed by atoms with E-state index in [9.17, 15) is 0 Å². The zero-order valence-electron chi connectivity index (χ0n) is 9.06. The number of thioether (sulfide) groups is 1. The van der Waals surface area contributed by atoms with E-state index in [-0.39, 0.29) is 5.41 Å². The molecule has 1 aromatic heterocycles. The number of aryl methyl sites for hydroxylation is 2. The maximum atomic E-state index is 5.49. The van der Waals surface area contributed by atoms with Crippen LogP contribution in [0.1, 0.15) is 25.3 Å². The zero-order chi connectivity index (χ0) is 10.8. The lowest BCUT2D eigenvalue weighted by atomic mass is 10.0. The van der Waals surface area contributed by atoms with Crippen molar-refractivity contribution in [1.82, 2.24) is 4.98 Å². The summed E-state index contributed by atoms with van der Waals surface area (Å²) < 4.78 is 5.49. The Bertz CT molecular complexity index is 290. The largest absolute Gasteiger partial charge is 0.437 e. The molecule has 0 aromatic carbocycles. The quantitative estimate of drug-likeness (QED) is 0.619. The average molecular weight is 278 g/mol. The molecule has 80 valence electrons. The SMILES string of the molecule is Cc1nc(SCC(C)(C)CBr)oc1C. The molecule has 1 aromatic rings. The monoisotopic (exact) mass is 277 g/mol. The summed E-state index contributed by atoms with van der Waals surface area (Å²) in [5.41, 5.74) is 1.27. The summed E-state index contributed by atoms with van der Waals surface area (Å²) in [4.78, 5) is 4.33. The van der Waals surface area contributed by atoms with Crippen LogP contribution in [0.15, 0.2) is 9.64 Å². The molecule has 0 amide bonds. The molecule has 0 aliphatic heterocycles. The van der Waals surface area contributed by atoms with Crippen molar-refractivity contribution in [1.29, 1.82) is 0 Å². The Labute approximate surface area is 98.0 Å². The number of hydrogen-bond acceptors (Lipinski definition) is 3. The van der Waals surface area contributed by atoms with Crippen LogP contribution in [0.4, 0.5) is 0 Å². The Kier molecular flexibility index (Phi) is 4.07. The van der Waals surface area contributed by atoms with Crippen molar-refractivity contribution in [3.8, 4) is 0 Å². The fourth-order valence-electron chi connectivity index (χ4n) is 0.801. The summed E-state index contributed by atoms with van der Waals surface area (Å²) in [6, 6.07) is 0. The minimum absolute atomic E-state index is 0.279. The highest BCUT2D eigenvalue weighted by Gasteiger charge is 2.18. The lowest BCUT2D eigenvalue weighted by molar-refractivity contribution is 0.427. The molecule has 0 saturated carbocycles. The number of nitrogens with zero attached hydrogens (tertiary/aromatic N) is 1. The van der Waals surface area contributed by atoms with Gasteiger partial charge in [0, 0.05) is 11.1 Å². The Morgan fingerprint density at radius 1 is 1.43 bits per heavy atom. The van der Waals surface area contributed by atoms with Gasteiger partial charge >= 0.3 is 0 Å². The zero-order valence-corrected chi connectivity index (χ0v) is 11.5. The van der Waals surface area contributed by atoms with Crippen molar-refractivity contribution >= 4 is 27.7 Å². The second kappa shape index (κ2) is 4.71. The first-order valence-electron chi connectivity index (χ1n) is 4.57. The van der Waals surface area contributed by atoms with Gasteiger partial charge in [-0.3, -0.25) is 0 Å². The maximum absolute atomic E-state index is 5.49. The number of oxazole rings is 1. The number of alkyl halides is 1. The predicted molar refractivity (Wildman–Crippen MR) is 64.3 cm³/mol. The van der Waals surface area contributed by atoms with Crippen LogP contribution >= 0.6 is 27.7 Å². The van der Waals surface area contributed by atoms with Crippen LogP contribution in [-0.4, -0.2) is 16.1 Å². The third-order valence-electron chi connectivity index (χ3n) is 1.96. The van der Waals surface area contributed by atoms with Gasteiger partial charge in [0.15, 0.2) is 0 Å². The van der Waals surface area contributed by atoms with E-state index in [0.29, 0.717) is 0 Å². The standard InChI is InChI=1S/C10H16BrNOS/c1-7-8(2)13-9(12-7)14-6-10(3,4)5-11/h5-6H2,1-4H3. The van der Waals surface area contributed by atoms with Gasteiger partial charge < -0.3 is 4.42 Å². The lowest BCUT2D eigenvalue weighted by Gasteiger charge is -2.19. The van der Waals surface area contributed by atoms with Gasteiger partial charge in [0.1, 0.15) is 5.76 Å². The van der Waals surface area contributed by atoms with Crippen LogP contribution in [0.5, 0.6) is 0 Å². The number of hydrogen-bond donors (Lipinski definition) is 0.